The zero-order valence-corrected chi connectivity index (χ0v) is 16.1. The highest BCUT2D eigenvalue weighted by Gasteiger charge is 2.20. The fraction of sp³-hybridized carbons (Fsp3) is 0.200. The van der Waals surface area contributed by atoms with Crippen LogP contribution in [0.1, 0.15) is 16.7 Å². The Morgan fingerprint density at radius 2 is 1.82 bits per heavy atom. The monoisotopic (exact) mass is 398 g/mol. The van der Waals surface area contributed by atoms with Crippen molar-refractivity contribution in [2.75, 3.05) is 16.2 Å². The summed E-state index contributed by atoms with van der Waals surface area (Å²) in [5.74, 6) is 0.323. The lowest BCUT2D eigenvalue weighted by molar-refractivity contribution is 0.598. The number of aryl methyl sites for hydroxylation is 1. The average molecular weight is 398 g/mol. The molecule has 1 aliphatic rings. The van der Waals surface area contributed by atoms with Crippen LogP contribution in [0.25, 0.3) is 0 Å². The van der Waals surface area contributed by atoms with Crippen LogP contribution < -0.4 is 9.62 Å². The van der Waals surface area contributed by atoms with E-state index in [4.69, 9.17) is 0 Å². The van der Waals surface area contributed by atoms with E-state index in [0.717, 1.165) is 25.6 Å². The van der Waals surface area contributed by atoms with Crippen molar-refractivity contribution in [1.82, 2.24) is 10.2 Å². The number of fused-ring (bicyclic) bond motifs is 1. The molecule has 3 aromatic rings. The number of hydrogen-bond donors (Lipinski definition) is 1. The molecule has 0 bridgehead atoms. The molecular formula is C20H19FN4O2S. The van der Waals surface area contributed by atoms with E-state index in [1.165, 1.54) is 23.3 Å². The van der Waals surface area contributed by atoms with Gasteiger partial charge in [0.25, 0.3) is 10.0 Å². The van der Waals surface area contributed by atoms with Gasteiger partial charge >= 0.3 is 0 Å². The first-order valence-corrected chi connectivity index (χ1v) is 10.4. The molecule has 0 unspecified atom stereocenters. The summed E-state index contributed by atoms with van der Waals surface area (Å²) < 4.78 is 40.7. The minimum absolute atomic E-state index is 0.00686. The highest BCUT2D eigenvalue weighted by atomic mass is 32.2. The van der Waals surface area contributed by atoms with Crippen LogP contribution in [0, 0.1) is 12.7 Å². The van der Waals surface area contributed by atoms with Crippen molar-refractivity contribution in [3.63, 3.8) is 0 Å². The van der Waals surface area contributed by atoms with Gasteiger partial charge in [-0.2, -0.15) is 0 Å². The number of halogens is 1. The third-order valence-electron chi connectivity index (χ3n) is 4.77. The molecule has 8 heteroatoms. The minimum atomic E-state index is -3.87. The van der Waals surface area contributed by atoms with Gasteiger partial charge in [-0.05, 0) is 60.4 Å². The Balaban J connectivity index is 1.51. The molecule has 1 aromatic heterocycles. The van der Waals surface area contributed by atoms with Crippen LogP contribution in [0.15, 0.2) is 59.5 Å². The molecule has 0 fully saturated rings. The van der Waals surface area contributed by atoms with E-state index < -0.39 is 15.8 Å². The Bertz CT molecular complexity index is 1120. The Kier molecular flexibility index (Phi) is 4.72. The maximum atomic E-state index is 13.2. The molecule has 0 spiro atoms. The van der Waals surface area contributed by atoms with E-state index in [0.29, 0.717) is 11.4 Å². The first kappa shape index (κ1) is 18.4. The molecule has 2 aromatic carbocycles. The van der Waals surface area contributed by atoms with Gasteiger partial charge in [-0.1, -0.05) is 24.3 Å². The number of rotatable bonds is 4. The topological polar surface area (TPSA) is 75.2 Å². The van der Waals surface area contributed by atoms with Crippen molar-refractivity contribution in [2.24, 2.45) is 0 Å². The molecule has 0 saturated heterocycles. The van der Waals surface area contributed by atoms with Crippen LogP contribution in [-0.2, 0) is 23.0 Å². The maximum Gasteiger partial charge on any atom is 0.263 e. The van der Waals surface area contributed by atoms with Crippen LogP contribution in [0.4, 0.5) is 16.0 Å². The van der Waals surface area contributed by atoms with Gasteiger partial charge in [0.15, 0.2) is 11.6 Å². The largest absolute Gasteiger partial charge is 0.350 e. The van der Waals surface area contributed by atoms with Crippen LogP contribution in [0.3, 0.4) is 0 Å². The molecule has 1 N–H and O–H groups in total. The SMILES string of the molecule is Cc1cc(F)ccc1S(=O)(=O)Nc1ccc(N2CCc3ccccc3C2)nn1. The van der Waals surface area contributed by atoms with E-state index in [9.17, 15) is 12.8 Å². The number of benzene rings is 2. The van der Waals surface area contributed by atoms with Crippen molar-refractivity contribution in [3.8, 4) is 0 Å². The molecule has 2 heterocycles. The lowest BCUT2D eigenvalue weighted by Crippen LogP contribution is -2.31. The van der Waals surface area contributed by atoms with E-state index >= 15 is 0 Å². The van der Waals surface area contributed by atoms with Gasteiger partial charge in [-0.15, -0.1) is 10.2 Å². The predicted molar refractivity (Wildman–Crippen MR) is 105 cm³/mol. The second-order valence-electron chi connectivity index (χ2n) is 6.73. The van der Waals surface area contributed by atoms with Crippen LogP contribution >= 0.6 is 0 Å². The zero-order chi connectivity index (χ0) is 19.7. The molecular weight excluding hydrogens is 379 g/mol. The van der Waals surface area contributed by atoms with Crippen molar-refractivity contribution in [3.05, 3.63) is 77.1 Å². The van der Waals surface area contributed by atoms with Gasteiger partial charge in [0.1, 0.15) is 5.82 Å². The van der Waals surface area contributed by atoms with Crippen molar-refractivity contribution >= 4 is 21.7 Å². The van der Waals surface area contributed by atoms with Crippen LogP contribution in [-0.4, -0.2) is 25.2 Å². The lowest BCUT2D eigenvalue weighted by Gasteiger charge is -2.29. The van der Waals surface area contributed by atoms with Crippen molar-refractivity contribution in [2.45, 2.75) is 24.8 Å². The highest BCUT2D eigenvalue weighted by Crippen LogP contribution is 2.24. The minimum Gasteiger partial charge on any atom is -0.350 e. The molecule has 6 nitrogen and oxygen atoms in total. The number of anilines is 2. The van der Waals surface area contributed by atoms with Crippen molar-refractivity contribution < 1.29 is 12.8 Å². The fourth-order valence-corrected chi connectivity index (χ4v) is 4.57. The fourth-order valence-electron chi connectivity index (χ4n) is 3.35. The van der Waals surface area contributed by atoms with Gasteiger partial charge in [-0.25, -0.2) is 12.8 Å². The quantitative estimate of drug-likeness (QED) is 0.730. The number of hydrogen-bond acceptors (Lipinski definition) is 5. The number of nitrogens with zero attached hydrogens (tertiary/aromatic N) is 3. The standard InChI is InChI=1S/C20H19FN4O2S/c1-14-12-17(21)6-7-18(14)28(26,27)24-19-8-9-20(23-22-19)25-11-10-15-4-2-3-5-16(15)13-25/h2-9,12H,10-11,13H2,1H3,(H,22,24). The van der Waals surface area contributed by atoms with Crippen LogP contribution in [0.5, 0.6) is 0 Å². The van der Waals surface area contributed by atoms with Gasteiger partial charge < -0.3 is 4.90 Å². The predicted octanol–water partition coefficient (Wildman–Crippen LogP) is 3.29. The third-order valence-corrected chi connectivity index (χ3v) is 6.29. The summed E-state index contributed by atoms with van der Waals surface area (Å²) in [6, 6.07) is 15.1. The zero-order valence-electron chi connectivity index (χ0n) is 15.3. The lowest BCUT2D eigenvalue weighted by atomic mass is 10.00. The van der Waals surface area contributed by atoms with Crippen LogP contribution in [0.2, 0.25) is 0 Å². The Morgan fingerprint density at radius 3 is 2.54 bits per heavy atom. The third kappa shape index (κ3) is 3.68. The first-order valence-electron chi connectivity index (χ1n) is 8.87. The highest BCUT2D eigenvalue weighted by molar-refractivity contribution is 7.92. The maximum absolute atomic E-state index is 13.2. The summed E-state index contributed by atoms with van der Waals surface area (Å²) in [4.78, 5) is 2.12. The average Bonchev–Trinajstić information content (AvgIpc) is 2.67. The Labute approximate surface area is 163 Å². The molecule has 0 amide bonds. The number of aromatic nitrogens is 2. The molecule has 0 saturated carbocycles. The molecule has 144 valence electrons. The summed E-state index contributed by atoms with van der Waals surface area (Å²) in [7, 11) is -3.87. The van der Waals surface area contributed by atoms with E-state index in [2.05, 4.69) is 32.0 Å². The summed E-state index contributed by atoms with van der Waals surface area (Å²) in [5.41, 5.74) is 2.92. The molecule has 1 aliphatic heterocycles. The van der Waals surface area contributed by atoms with Gasteiger partial charge in [0.05, 0.1) is 4.90 Å². The number of sulfonamides is 1. The Morgan fingerprint density at radius 1 is 1.04 bits per heavy atom. The van der Waals surface area contributed by atoms with E-state index in [1.807, 2.05) is 12.1 Å². The molecule has 0 radical (unpaired) electrons. The summed E-state index contributed by atoms with van der Waals surface area (Å²) in [6.07, 6.45) is 0.927. The summed E-state index contributed by atoms with van der Waals surface area (Å²) in [6.45, 7) is 3.11. The smallest absolute Gasteiger partial charge is 0.263 e. The first-order chi connectivity index (χ1) is 13.4. The Hall–Kier alpha value is -3.00. The van der Waals surface area contributed by atoms with Gasteiger partial charge in [0.2, 0.25) is 0 Å². The van der Waals surface area contributed by atoms with Crippen molar-refractivity contribution in [1.29, 1.82) is 0 Å². The van der Waals surface area contributed by atoms with Gasteiger partial charge in [0, 0.05) is 13.1 Å². The molecule has 0 atom stereocenters. The molecule has 0 aliphatic carbocycles. The summed E-state index contributed by atoms with van der Waals surface area (Å²) in [5, 5.41) is 8.19. The summed E-state index contributed by atoms with van der Waals surface area (Å²) >= 11 is 0. The molecule has 4 rings (SSSR count). The second kappa shape index (κ2) is 7.20. The van der Waals surface area contributed by atoms with E-state index in [-0.39, 0.29) is 10.7 Å². The number of nitrogens with one attached hydrogen (secondary N) is 1. The normalized spacial score (nSPS) is 13.9. The van der Waals surface area contributed by atoms with Gasteiger partial charge in [-0.3, -0.25) is 4.72 Å². The van der Waals surface area contributed by atoms with E-state index in [1.54, 1.807) is 19.1 Å². The second-order valence-corrected chi connectivity index (χ2v) is 8.38. The molecule has 28 heavy (non-hydrogen) atoms.